The quantitative estimate of drug-likeness (QED) is 0.510. The van der Waals surface area contributed by atoms with Gasteiger partial charge in [0.2, 0.25) is 0 Å². The molecule has 0 saturated heterocycles. The van der Waals surface area contributed by atoms with Gasteiger partial charge in [0.05, 0.1) is 23.1 Å². The third kappa shape index (κ3) is 2.23. The average Bonchev–Trinajstić information content (AvgIpc) is 2.95. The number of nitrogens with one attached hydrogen (secondary N) is 1. The van der Waals surface area contributed by atoms with E-state index in [1.807, 2.05) is 0 Å². The van der Waals surface area contributed by atoms with Crippen LogP contribution < -0.4 is 5.56 Å². The smallest absolute Gasteiger partial charge is 0.274 e. The van der Waals surface area contributed by atoms with Crippen LogP contribution in [0.1, 0.15) is 11.4 Å². The summed E-state index contributed by atoms with van der Waals surface area (Å²) in [7, 11) is 1.61. The van der Waals surface area contributed by atoms with Crippen LogP contribution in [0.2, 0.25) is 0 Å². The highest BCUT2D eigenvalue weighted by atomic mass is 127. The van der Waals surface area contributed by atoms with Crippen molar-refractivity contribution < 1.29 is 4.39 Å². The van der Waals surface area contributed by atoms with Crippen molar-refractivity contribution in [3.63, 3.8) is 0 Å². The molecule has 8 heteroatoms. The number of fused-ring (bicyclic) bond motifs is 1. The summed E-state index contributed by atoms with van der Waals surface area (Å²) in [6, 6.07) is 3.11. The normalized spacial score (nSPS) is 11.8. The molecule has 0 bridgehead atoms. The minimum atomic E-state index is -0.432. The molecule has 3 aromatic rings. The maximum Gasteiger partial charge on any atom is 0.274 e. The van der Waals surface area contributed by atoms with Crippen LogP contribution in [0.15, 0.2) is 23.5 Å². The third-order valence-electron chi connectivity index (χ3n) is 3.57. The van der Waals surface area contributed by atoms with Gasteiger partial charge in [0, 0.05) is 29.8 Å². The number of aryl methyl sites for hydroxylation is 2. The molecule has 0 saturated carbocycles. The van der Waals surface area contributed by atoms with E-state index in [-0.39, 0.29) is 11.1 Å². The number of benzene rings is 1. The predicted octanol–water partition coefficient (Wildman–Crippen LogP) is 3.61. The van der Waals surface area contributed by atoms with Crippen molar-refractivity contribution in [3.05, 3.63) is 46.3 Å². The Morgan fingerprint density at radius 1 is 1.50 bits per heavy atom. The van der Waals surface area contributed by atoms with Crippen LogP contribution in [0.25, 0.3) is 28.1 Å². The molecule has 22 heavy (non-hydrogen) atoms. The zero-order valence-electron chi connectivity index (χ0n) is 11.9. The lowest BCUT2D eigenvalue weighted by Gasteiger charge is -2.03. The van der Waals surface area contributed by atoms with Gasteiger partial charge in [-0.05, 0) is 41.1 Å². The fraction of sp³-hybridized carbons (Fsp3) is 0.143. The Hall–Kier alpha value is -1.47. The zero-order valence-corrected chi connectivity index (χ0v) is 15.1. The molecule has 0 spiro atoms. The van der Waals surface area contributed by atoms with Crippen molar-refractivity contribution in [1.82, 2.24) is 19.3 Å². The molecule has 0 radical (unpaired) electrons. The largest absolute Gasteiger partial charge is 0.300 e. The van der Waals surface area contributed by atoms with E-state index in [4.69, 9.17) is 0 Å². The number of hydrogen-bond donors (Lipinski definition) is 1. The molecular formula is C14H13FIN4OP. The number of aromatic amines is 1. The lowest BCUT2D eigenvalue weighted by atomic mass is 10.0. The van der Waals surface area contributed by atoms with Crippen LogP contribution in [0, 0.1) is 12.7 Å². The maximum absolute atomic E-state index is 14.6. The van der Waals surface area contributed by atoms with Gasteiger partial charge in [0.1, 0.15) is 5.82 Å². The van der Waals surface area contributed by atoms with Crippen molar-refractivity contribution in [2.24, 2.45) is 7.05 Å². The molecule has 0 aliphatic rings. The Labute approximate surface area is 140 Å². The lowest BCUT2D eigenvalue weighted by Crippen LogP contribution is -2.13. The van der Waals surface area contributed by atoms with E-state index in [1.165, 1.54) is 10.7 Å². The van der Waals surface area contributed by atoms with Gasteiger partial charge in [0.25, 0.3) is 5.56 Å². The number of halogens is 2. The summed E-state index contributed by atoms with van der Waals surface area (Å²) in [5.74, 6) is -0.432. The second-order valence-corrected chi connectivity index (χ2v) is 6.95. The molecule has 1 aromatic carbocycles. The first kappa shape index (κ1) is 15.4. The van der Waals surface area contributed by atoms with Crippen LogP contribution in [0.4, 0.5) is 4.39 Å². The lowest BCUT2D eigenvalue weighted by molar-refractivity contribution is 0.632. The maximum atomic E-state index is 14.6. The highest BCUT2D eigenvalue weighted by molar-refractivity contribution is 14.2. The first-order chi connectivity index (χ1) is 10.5. The molecule has 114 valence electrons. The van der Waals surface area contributed by atoms with Crippen LogP contribution in [-0.2, 0) is 7.05 Å². The Morgan fingerprint density at radius 3 is 2.77 bits per heavy atom. The zero-order chi connectivity index (χ0) is 16.0. The Morgan fingerprint density at radius 2 is 2.23 bits per heavy atom. The number of aromatic nitrogens is 4. The van der Waals surface area contributed by atoms with Crippen molar-refractivity contribution in [2.75, 3.05) is 0 Å². The SMILES string of the molecule is C=Cc1nn(PI)c2cc(F)c(-c3c(C)[nH]n(C)c3=O)cc12. The third-order valence-corrected chi connectivity index (χ3v) is 5.44. The summed E-state index contributed by atoms with van der Waals surface area (Å²) in [6.07, 6.45) is 1.99. The van der Waals surface area contributed by atoms with E-state index in [9.17, 15) is 9.18 Å². The molecule has 1 N–H and O–H groups in total. The Balaban J connectivity index is 2.39. The van der Waals surface area contributed by atoms with Crippen LogP contribution >= 0.6 is 28.4 Å². The fourth-order valence-corrected chi connectivity index (χ4v) is 4.09. The Bertz CT molecular complexity index is 956. The van der Waals surface area contributed by atoms with E-state index < -0.39 is 5.82 Å². The van der Waals surface area contributed by atoms with Crippen LogP contribution in [-0.4, -0.2) is 19.3 Å². The van der Waals surface area contributed by atoms with Gasteiger partial charge >= 0.3 is 0 Å². The Kier molecular flexibility index (Phi) is 3.94. The van der Waals surface area contributed by atoms with Gasteiger partial charge in [-0.1, -0.05) is 6.58 Å². The standard InChI is InChI=1S/C14H13FIN4OP/c1-4-11-9-5-8(13-7(2)17-19(3)14(13)21)10(15)6-12(9)20(18-11)22-16/h4-6,17,22H,1H2,2-3H3. The van der Waals surface area contributed by atoms with Gasteiger partial charge in [-0.3, -0.25) is 14.6 Å². The fourth-order valence-electron chi connectivity index (χ4n) is 2.57. The number of hydrogen-bond acceptors (Lipinski definition) is 2. The summed E-state index contributed by atoms with van der Waals surface area (Å²) >= 11 is 2.19. The minimum absolute atomic E-state index is 0.251. The molecule has 2 aromatic heterocycles. The summed E-state index contributed by atoms with van der Waals surface area (Å²) < 4.78 is 17.7. The van der Waals surface area contributed by atoms with Gasteiger partial charge in [0.15, 0.2) is 0 Å². The molecule has 0 aliphatic heterocycles. The summed E-state index contributed by atoms with van der Waals surface area (Å²) in [5, 5.41) is 8.08. The van der Waals surface area contributed by atoms with Crippen LogP contribution in [0.3, 0.4) is 0 Å². The predicted molar refractivity (Wildman–Crippen MR) is 97.3 cm³/mol. The second kappa shape index (κ2) is 5.62. The summed E-state index contributed by atoms with van der Waals surface area (Å²) in [6.45, 7) is 5.51. The monoisotopic (exact) mass is 430 g/mol. The van der Waals surface area contributed by atoms with Gasteiger partial charge in [-0.2, -0.15) is 5.10 Å². The van der Waals surface area contributed by atoms with Crippen molar-refractivity contribution in [2.45, 2.75) is 6.92 Å². The van der Waals surface area contributed by atoms with Gasteiger partial charge in [-0.15, -0.1) is 0 Å². The average molecular weight is 430 g/mol. The first-order valence-electron chi connectivity index (χ1n) is 6.45. The molecule has 2 heterocycles. The van der Waals surface area contributed by atoms with Crippen molar-refractivity contribution in [1.29, 1.82) is 0 Å². The number of nitrogens with zero attached hydrogens (tertiary/aromatic N) is 3. The van der Waals surface area contributed by atoms with E-state index in [2.05, 4.69) is 38.8 Å². The summed E-state index contributed by atoms with van der Waals surface area (Å²) in [4.78, 5) is 12.2. The van der Waals surface area contributed by atoms with E-state index in [0.717, 1.165) is 5.39 Å². The van der Waals surface area contributed by atoms with Crippen molar-refractivity contribution >= 4 is 45.4 Å². The molecule has 3 rings (SSSR count). The van der Waals surface area contributed by atoms with E-state index in [1.54, 1.807) is 30.6 Å². The minimum Gasteiger partial charge on any atom is -0.300 e. The second-order valence-electron chi connectivity index (χ2n) is 4.91. The van der Waals surface area contributed by atoms with E-state index in [0.29, 0.717) is 28.8 Å². The van der Waals surface area contributed by atoms with Gasteiger partial charge < -0.3 is 0 Å². The highest BCUT2D eigenvalue weighted by Crippen LogP contribution is 2.34. The molecular weight excluding hydrogens is 417 g/mol. The van der Waals surface area contributed by atoms with Gasteiger partial charge in [-0.25, -0.2) is 8.84 Å². The molecule has 0 fully saturated rings. The molecule has 0 amide bonds. The molecule has 0 aliphatic carbocycles. The highest BCUT2D eigenvalue weighted by Gasteiger charge is 2.19. The van der Waals surface area contributed by atoms with E-state index >= 15 is 0 Å². The first-order valence-corrected chi connectivity index (χ1v) is 10.5. The van der Waals surface area contributed by atoms with Crippen molar-refractivity contribution in [3.8, 4) is 11.1 Å². The number of H-pyrrole nitrogens is 1. The molecule has 5 nitrogen and oxygen atoms in total. The molecule has 1 unspecified atom stereocenters. The van der Waals surface area contributed by atoms with Crippen LogP contribution in [0.5, 0.6) is 0 Å². The molecule has 1 atom stereocenters. The topological polar surface area (TPSA) is 55.6 Å². The number of rotatable bonds is 3. The summed E-state index contributed by atoms with van der Waals surface area (Å²) in [5.41, 5.74) is 2.40.